The summed E-state index contributed by atoms with van der Waals surface area (Å²) in [4.78, 5) is 123. The van der Waals surface area contributed by atoms with E-state index in [0.29, 0.717) is 29.7 Å². The molecule has 2 aromatic rings. The summed E-state index contributed by atoms with van der Waals surface area (Å²) in [5, 5.41) is 41.9. The first-order valence-electron chi connectivity index (χ1n) is 26.4. The molecule has 0 saturated heterocycles. The van der Waals surface area contributed by atoms with Gasteiger partial charge in [0.1, 0.15) is 48.3 Å². The van der Waals surface area contributed by atoms with Crippen LogP contribution < -0.4 is 48.3 Å². The lowest BCUT2D eigenvalue weighted by molar-refractivity contribution is -0.142. The maximum Gasteiger partial charge on any atom is 0.326 e. The van der Waals surface area contributed by atoms with Crippen molar-refractivity contribution in [1.29, 1.82) is 0 Å². The van der Waals surface area contributed by atoms with E-state index >= 15 is 0 Å². The summed E-state index contributed by atoms with van der Waals surface area (Å²) in [7, 11) is 0. The van der Waals surface area contributed by atoms with E-state index < -0.39 is 120 Å². The summed E-state index contributed by atoms with van der Waals surface area (Å²) in [5.74, 6) is -7.65. The Morgan fingerprint density at radius 3 is 1.32 bits per heavy atom. The van der Waals surface area contributed by atoms with Crippen LogP contribution in [-0.2, 0) is 56.0 Å². The molecule has 0 aliphatic heterocycles. The number of hydrogen-bond donors (Lipinski definition) is 11. The molecular weight excluding hydrogens is 995 g/mol. The van der Waals surface area contributed by atoms with Gasteiger partial charge in [0.25, 0.3) is 0 Å². The Hall–Kier alpha value is -6.06. The third kappa shape index (κ3) is 23.5. The number of rotatable bonds is 34. The highest BCUT2D eigenvalue weighted by atomic mass is 32.2. The van der Waals surface area contributed by atoms with E-state index in [2.05, 4.69) is 42.5 Å². The van der Waals surface area contributed by atoms with Gasteiger partial charge in [-0.1, -0.05) is 136 Å². The second-order valence-corrected chi connectivity index (χ2v) is 22.1. The van der Waals surface area contributed by atoms with Crippen molar-refractivity contribution < 1.29 is 53.4 Å². The van der Waals surface area contributed by atoms with Crippen LogP contribution in [0.25, 0.3) is 0 Å². The zero-order valence-corrected chi connectivity index (χ0v) is 47.1. The number of hydrogen-bond acceptors (Lipinski definition) is 12. The number of nitrogens with two attached hydrogens (primary N) is 1. The minimum Gasteiger partial charge on any atom is -0.480 e. The van der Waals surface area contributed by atoms with Gasteiger partial charge in [0.15, 0.2) is 0 Å². The predicted octanol–water partition coefficient (Wildman–Crippen LogP) is 2.35. The number of carboxylic acids is 1. The Morgan fingerprint density at radius 1 is 0.487 bits per heavy atom. The summed E-state index contributed by atoms with van der Waals surface area (Å²) < 4.78 is 0. The molecule has 12 N–H and O–H groups in total. The van der Waals surface area contributed by atoms with Crippen LogP contribution in [0.5, 0.6) is 0 Å². The van der Waals surface area contributed by atoms with Gasteiger partial charge in [0.05, 0.1) is 12.6 Å². The number of aliphatic hydroxyl groups excluding tert-OH is 1. The second-order valence-electron chi connectivity index (χ2n) is 21.1. The summed E-state index contributed by atoms with van der Waals surface area (Å²) in [6.45, 7) is 17.3. The van der Waals surface area contributed by atoms with Crippen molar-refractivity contribution >= 4 is 65.0 Å². The van der Waals surface area contributed by atoms with E-state index in [9.17, 15) is 53.4 Å². The van der Waals surface area contributed by atoms with Gasteiger partial charge in [-0.15, -0.1) is 0 Å². The van der Waals surface area contributed by atoms with Crippen LogP contribution in [0.3, 0.4) is 0 Å². The van der Waals surface area contributed by atoms with Crippen LogP contribution >= 0.6 is 11.8 Å². The lowest BCUT2D eigenvalue weighted by Crippen LogP contribution is -2.62. The minimum atomic E-state index is -1.63. The van der Waals surface area contributed by atoms with Crippen LogP contribution in [-0.4, -0.2) is 136 Å². The Morgan fingerprint density at radius 2 is 0.868 bits per heavy atom. The van der Waals surface area contributed by atoms with Crippen molar-refractivity contribution in [3.63, 3.8) is 0 Å². The van der Waals surface area contributed by atoms with Crippen LogP contribution in [0, 0.1) is 29.6 Å². The molecule has 0 radical (unpaired) electrons. The van der Waals surface area contributed by atoms with Gasteiger partial charge in [-0.05, 0) is 78.4 Å². The highest BCUT2D eigenvalue weighted by Gasteiger charge is 2.37. The molecular formula is C55H87N9O11S. The molecule has 0 spiro atoms. The molecule has 2 aromatic carbocycles. The number of aliphatic carboxylic acids is 1. The highest BCUT2D eigenvalue weighted by Crippen LogP contribution is 2.15. The molecule has 20 nitrogen and oxygen atoms in total. The predicted molar refractivity (Wildman–Crippen MR) is 294 cm³/mol. The molecule has 0 unspecified atom stereocenters. The molecule has 21 heteroatoms. The van der Waals surface area contributed by atoms with Crippen molar-refractivity contribution in [2.75, 3.05) is 18.6 Å². The Labute approximate surface area is 453 Å². The molecule has 76 heavy (non-hydrogen) atoms. The third-order valence-electron chi connectivity index (χ3n) is 12.7. The maximum absolute atomic E-state index is 14.2. The zero-order chi connectivity index (χ0) is 57.2. The number of carbonyl (C=O) groups is 9. The summed E-state index contributed by atoms with van der Waals surface area (Å²) in [5.41, 5.74) is 7.43. The largest absolute Gasteiger partial charge is 0.480 e. The average molecular weight is 1080 g/mol. The summed E-state index contributed by atoms with van der Waals surface area (Å²) in [6.07, 6.45) is 3.06. The van der Waals surface area contributed by atoms with Crippen molar-refractivity contribution in [1.82, 2.24) is 42.5 Å². The molecule has 424 valence electrons. The first kappa shape index (κ1) is 66.1. The molecule has 0 aromatic heterocycles. The number of thioether (sulfide) groups is 1. The van der Waals surface area contributed by atoms with Crippen molar-refractivity contribution in [3.8, 4) is 0 Å². The Balaban J connectivity index is 2.35. The number of nitrogens with one attached hydrogen (secondary N) is 8. The molecule has 2 rings (SSSR count). The van der Waals surface area contributed by atoms with Gasteiger partial charge in [0.2, 0.25) is 47.3 Å². The molecule has 10 atom stereocenters. The van der Waals surface area contributed by atoms with Gasteiger partial charge >= 0.3 is 5.97 Å². The molecule has 0 aliphatic carbocycles. The van der Waals surface area contributed by atoms with E-state index in [4.69, 9.17) is 5.73 Å². The molecule has 0 bridgehead atoms. The minimum absolute atomic E-state index is 0.0137. The smallest absolute Gasteiger partial charge is 0.326 e. The highest BCUT2D eigenvalue weighted by molar-refractivity contribution is 7.98. The average Bonchev–Trinajstić information content (AvgIpc) is 3.36. The SMILES string of the molecule is CC[C@H](C)[C@H](NC(=O)[C@@H](N)CC(C)C)C(=O)N[C@@H](CCSC)C(=O)N[C@H](C(=O)N[C@@H](CC(C)C)C(=O)N[C@@H](CO)C(=O)N[C@@H](Cc1ccccc1)C(=O)N[C@@H](CC(C)C)C(=O)N[C@@H](Cc1ccccc1)C(=O)O)C(C)C. The van der Waals surface area contributed by atoms with E-state index in [1.165, 1.54) is 11.8 Å². The van der Waals surface area contributed by atoms with Crippen LogP contribution in [0.1, 0.15) is 112 Å². The number of aliphatic hydroxyl groups is 1. The number of amides is 8. The van der Waals surface area contributed by atoms with Crippen molar-refractivity contribution in [2.45, 2.75) is 169 Å². The van der Waals surface area contributed by atoms with Gasteiger partial charge in [-0.3, -0.25) is 38.4 Å². The lowest BCUT2D eigenvalue weighted by atomic mass is 9.96. The molecule has 0 aliphatic rings. The zero-order valence-electron chi connectivity index (χ0n) is 46.3. The van der Waals surface area contributed by atoms with E-state index in [-0.39, 0.29) is 55.8 Å². The lowest BCUT2D eigenvalue weighted by Gasteiger charge is -2.30. The Kier molecular flexibility index (Phi) is 29.4. The van der Waals surface area contributed by atoms with Gasteiger partial charge in [-0.25, -0.2) is 4.79 Å². The van der Waals surface area contributed by atoms with Gasteiger partial charge in [-0.2, -0.15) is 11.8 Å². The number of benzene rings is 2. The first-order valence-corrected chi connectivity index (χ1v) is 27.8. The van der Waals surface area contributed by atoms with Crippen LogP contribution in [0.4, 0.5) is 0 Å². The van der Waals surface area contributed by atoms with Crippen molar-refractivity contribution in [2.24, 2.45) is 35.3 Å². The molecule has 0 heterocycles. The first-order chi connectivity index (χ1) is 35.8. The van der Waals surface area contributed by atoms with Crippen molar-refractivity contribution in [3.05, 3.63) is 71.8 Å². The quantitative estimate of drug-likeness (QED) is 0.0480. The fourth-order valence-corrected chi connectivity index (χ4v) is 8.66. The fourth-order valence-electron chi connectivity index (χ4n) is 8.19. The Bertz CT molecular complexity index is 2180. The topological polar surface area (TPSA) is 316 Å². The molecule has 0 fully saturated rings. The third-order valence-corrected chi connectivity index (χ3v) is 13.3. The maximum atomic E-state index is 14.2. The molecule has 0 saturated carbocycles. The number of carbonyl (C=O) groups excluding carboxylic acids is 8. The van der Waals surface area contributed by atoms with E-state index in [0.717, 1.165) is 0 Å². The van der Waals surface area contributed by atoms with E-state index in [1.807, 2.05) is 40.9 Å². The monoisotopic (exact) mass is 1080 g/mol. The van der Waals surface area contributed by atoms with E-state index in [1.54, 1.807) is 95.3 Å². The second kappa shape index (κ2) is 33.9. The summed E-state index contributed by atoms with van der Waals surface area (Å²) >= 11 is 1.44. The van der Waals surface area contributed by atoms with Crippen LogP contribution in [0.15, 0.2) is 60.7 Å². The molecule has 8 amide bonds. The standard InChI is InChI=1S/C55H87N9O11S/c1-12-35(10)46(64-47(66)38(56)25-31(2)3)54(73)57-39(23-24-76-11)48(67)63-45(34(8)9)53(72)60-41(27-33(6)7)50(69)62-44(30-65)52(71)59-42(28-36-19-15-13-16-20-36)51(70)58-40(26-32(4)5)49(68)61-43(55(74)75)29-37-21-17-14-18-22-37/h13-22,31-35,38-46,65H,12,23-30,56H2,1-11H3,(H,57,73)(H,58,70)(H,59,71)(H,60,72)(H,61,68)(H,62,69)(H,63,67)(H,64,66)(H,74,75)/t35-,38-,39-,40-,41-,42-,43-,44-,45-,46-/m0/s1. The fraction of sp³-hybridized carbons (Fsp3) is 0.618. The normalized spacial score (nSPS) is 15.4. The summed E-state index contributed by atoms with van der Waals surface area (Å²) in [6, 6.07) is 6.46. The van der Waals surface area contributed by atoms with Gasteiger partial charge < -0.3 is 58.5 Å². The number of carboxylic acid groups (broad SMARTS) is 1. The van der Waals surface area contributed by atoms with Gasteiger partial charge in [0, 0.05) is 12.8 Å². The van der Waals surface area contributed by atoms with Crippen LogP contribution in [0.2, 0.25) is 0 Å².